The predicted octanol–water partition coefficient (Wildman–Crippen LogP) is 5.48. The Morgan fingerprint density at radius 1 is 1.11 bits per heavy atom. The maximum Gasteiger partial charge on any atom is 0.240 e. The van der Waals surface area contributed by atoms with Crippen LogP contribution in [-0.4, -0.2) is 39.9 Å². The van der Waals surface area contributed by atoms with Gasteiger partial charge in [-0.3, -0.25) is 14.5 Å². The minimum atomic E-state index is -0.276. The highest BCUT2D eigenvalue weighted by Gasteiger charge is 2.39. The predicted molar refractivity (Wildman–Crippen MR) is 148 cm³/mol. The van der Waals surface area contributed by atoms with Gasteiger partial charge in [-0.25, -0.2) is 4.68 Å². The number of thioether (sulfide) groups is 1. The monoisotopic (exact) mass is 504 g/mol. The summed E-state index contributed by atoms with van der Waals surface area (Å²) in [4.78, 5) is 28.2. The highest BCUT2D eigenvalue weighted by molar-refractivity contribution is 8.00. The molecule has 0 spiro atoms. The molecule has 3 aromatic rings. The van der Waals surface area contributed by atoms with Crippen molar-refractivity contribution in [3.63, 3.8) is 0 Å². The first-order valence-electron chi connectivity index (χ1n) is 12.4. The molecular formula is C29H36N4O2S. The Hall–Kier alpha value is -3.06. The Bertz CT molecular complexity index is 1270. The summed E-state index contributed by atoms with van der Waals surface area (Å²) in [6.07, 6.45) is 0. The number of hydrogen-bond acceptors (Lipinski definition) is 4. The van der Waals surface area contributed by atoms with Crippen LogP contribution in [0.25, 0.3) is 5.69 Å². The fourth-order valence-electron chi connectivity index (χ4n) is 4.55. The molecule has 6 nitrogen and oxygen atoms in total. The van der Waals surface area contributed by atoms with Crippen molar-refractivity contribution in [2.24, 2.45) is 0 Å². The number of aryl methyl sites for hydroxylation is 2. The molecule has 0 unspecified atom stereocenters. The lowest BCUT2D eigenvalue weighted by molar-refractivity contribution is -0.123. The number of anilines is 1. The number of benzene rings is 2. The lowest BCUT2D eigenvalue weighted by Crippen LogP contribution is -2.44. The van der Waals surface area contributed by atoms with Crippen LogP contribution in [0.5, 0.6) is 0 Å². The molecule has 1 aliphatic rings. The van der Waals surface area contributed by atoms with E-state index in [1.807, 2.05) is 49.7 Å². The van der Waals surface area contributed by atoms with Crippen molar-refractivity contribution in [3.8, 4) is 5.69 Å². The standard InChI is InChI=1S/C29H36N4O2S/c1-18(2)30-23(34)16-32-24(35)17-36-26(21-10-8-9-20(4)15-21)25-27(29(5,6)7)31-33(28(25)32)22-13-11-19(3)12-14-22/h8-15,18,26H,16-17H2,1-7H3,(H,30,34)/t26-/m0/s1. The molecule has 1 N–H and O–H groups in total. The molecule has 4 rings (SSSR count). The summed E-state index contributed by atoms with van der Waals surface area (Å²) in [5.41, 5.74) is 5.97. The van der Waals surface area contributed by atoms with E-state index in [0.717, 1.165) is 28.1 Å². The van der Waals surface area contributed by atoms with Crippen LogP contribution in [0.3, 0.4) is 0 Å². The van der Waals surface area contributed by atoms with Crippen LogP contribution >= 0.6 is 11.8 Å². The van der Waals surface area contributed by atoms with Crippen LogP contribution in [0, 0.1) is 13.8 Å². The van der Waals surface area contributed by atoms with Gasteiger partial charge in [0.2, 0.25) is 11.8 Å². The topological polar surface area (TPSA) is 67.2 Å². The van der Waals surface area contributed by atoms with Crippen LogP contribution in [0.4, 0.5) is 5.82 Å². The number of hydrogen-bond donors (Lipinski definition) is 1. The third kappa shape index (κ3) is 5.36. The zero-order chi connectivity index (χ0) is 26.2. The molecule has 1 aromatic heterocycles. The third-order valence-corrected chi connectivity index (χ3v) is 7.43. The van der Waals surface area contributed by atoms with E-state index in [1.54, 1.807) is 16.7 Å². The smallest absolute Gasteiger partial charge is 0.240 e. The third-order valence-electron chi connectivity index (χ3n) is 6.17. The van der Waals surface area contributed by atoms with Crippen molar-refractivity contribution in [1.82, 2.24) is 15.1 Å². The number of carbonyl (C=O) groups excluding carboxylic acids is 2. The van der Waals surface area contributed by atoms with Gasteiger partial charge in [0, 0.05) is 17.0 Å². The van der Waals surface area contributed by atoms with Gasteiger partial charge in [0.1, 0.15) is 12.4 Å². The first kappa shape index (κ1) is 26.0. The molecule has 0 saturated heterocycles. The molecule has 190 valence electrons. The first-order chi connectivity index (χ1) is 17.0. The quantitative estimate of drug-likeness (QED) is 0.500. The number of nitrogens with one attached hydrogen (secondary N) is 1. The van der Waals surface area contributed by atoms with Gasteiger partial charge in [-0.15, -0.1) is 11.8 Å². The van der Waals surface area contributed by atoms with Crippen molar-refractivity contribution in [3.05, 3.63) is 76.5 Å². The molecule has 1 atom stereocenters. The minimum Gasteiger partial charge on any atom is -0.352 e. The summed E-state index contributed by atoms with van der Waals surface area (Å²) in [6.45, 7) is 14.4. The molecule has 1 aliphatic heterocycles. The van der Waals surface area contributed by atoms with Crippen molar-refractivity contribution in [1.29, 1.82) is 0 Å². The van der Waals surface area contributed by atoms with Crippen LogP contribution in [0.15, 0.2) is 48.5 Å². The summed E-state index contributed by atoms with van der Waals surface area (Å²) >= 11 is 1.61. The van der Waals surface area contributed by atoms with E-state index in [0.29, 0.717) is 5.82 Å². The van der Waals surface area contributed by atoms with Crippen molar-refractivity contribution in [2.45, 2.75) is 65.2 Å². The van der Waals surface area contributed by atoms with Gasteiger partial charge in [0.05, 0.1) is 22.4 Å². The van der Waals surface area contributed by atoms with E-state index in [2.05, 4.69) is 57.3 Å². The molecule has 7 heteroatoms. The van der Waals surface area contributed by atoms with Gasteiger partial charge in [0.25, 0.3) is 0 Å². The lowest BCUT2D eigenvalue weighted by Gasteiger charge is -2.25. The van der Waals surface area contributed by atoms with E-state index in [4.69, 9.17) is 5.10 Å². The van der Waals surface area contributed by atoms with Crippen molar-refractivity contribution < 1.29 is 9.59 Å². The first-order valence-corrected chi connectivity index (χ1v) is 13.5. The maximum atomic E-state index is 13.6. The zero-order valence-corrected chi connectivity index (χ0v) is 23.1. The van der Waals surface area contributed by atoms with Crippen molar-refractivity contribution >= 4 is 29.4 Å². The van der Waals surface area contributed by atoms with Gasteiger partial charge in [0.15, 0.2) is 0 Å². The second kappa shape index (κ2) is 10.1. The molecule has 0 aliphatic carbocycles. The average molecular weight is 505 g/mol. The second-order valence-corrected chi connectivity index (χ2v) is 12.0. The van der Waals surface area contributed by atoms with Crippen LogP contribution in [0.1, 0.15) is 67.8 Å². The molecular weight excluding hydrogens is 468 g/mol. The summed E-state index contributed by atoms with van der Waals surface area (Å²) in [7, 11) is 0. The van der Waals surface area contributed by atoms with Gasteiger partial charge in [-0.1, -0.05) is 68.3 Å². The largest absolute Gasteiger partial charge is 0.352 e. The number of nitrogens with zero attached hydrogens (tertiary/aromatic N) is 3. The number of amides is 2. The van der Waals surface area contributed by atoms with Gasteiger partial charge >= 0.3 is 0 Å². The second-order valence-electron chi connectivity index (χ2n) is 10.9. The van der Waals surface area contributed by atoms with Crippen LogP contribution in [0.2, 0.25) is 0 Å². The number of fused-ring (bicyclic) bond motifs is 1. The Morgan fingerprint density at radius 3 is 2.42 bits per heavy atom. The fourth-order valence-corrected chi connectivity index (χ4v) is 5.73. The van der Waals surface area contributed by atoms with E-state index in [9.17, 15) is 9.59 Å². The SMILES string of the molecule is Cc1ccc(-n2nc(C(C)(C)C)c3c2N(CC(=O)NC(C)C)C(=O)CS[C@H]3c2cccc(C)c2)cc1. The summed E-state index contributed by atoms with van der Waals surface area (Å²) in [5.74, 6) is 0.685. The van der Waals surface area contributed by atoms with E-state index in [1.165, 1.54) is 5.56 Å². The summed E-state index contributed by atoms with van der Waals surface area (Å²) < 4.78 is 1.87. The maximum absolute atomic E-state index is 13.6. The number of rotatable bonds is 5. The highest BCUT2D eigenvalue weighted by atomic mass is 32.2. The molecule has 2 heterocycles. The van der Waals surface area contributed by atoms with Crippen LogP contribution in [-0.2, 0) is 15.0 Å². The Morgan fingerprint density at radius 2 is 1.81 bits per heavy atom. The molecule has 0 fully saturated rings. The summed E-state index contributed by atoms with van der Waals surface area (Å²) in [5, 5.41) is 7.99. The van der Waals surface area contributed by atoms with Crippen molar-refractivity contribution in [2.75, 3.05) is 17.2 Å². The molecule has 2 aromatic carbocycles. The average Bonchev–Trinajstić information content (AvgIpc) is 3.12. The molecule has 2 amide bonds. The minimum absolute atomic E-state index is 0.0133. The fraction of sp³-hybridized carbons (Fsp3) is 0.414. The van der Waals surface area contributed by atoms with E-state index >= 15 is 0 Å². The Balaban J connectivity index is 2.01. The normalized spacial score (nSPS) is 16.2. The summed E-state index contributed by atoms with van der Waals surface area (Å²) in [6, 6.07) is 16.6. The number of aromatic nitrogens is 2. The molecule has 0 bridgehead atoms. The van der Waals surface area contributed by atoms with Gasteiger partial charge in [-0.05, 0) is 45.4 Å². The molecule has 0 radical (unpaired) electrons. The zero-order valence-electron chi connectivity index (χ0n) is 22.3. The van der Waals surface area contributed by atoms with Crippen LogP contribution < -0.4 is 10.2 Å². The Labute approximate surface area is 218 Å². The Kier molecular flexibility index (Phi) is 7.32. The van der Waals surface area contributed by atoms with Gasteiger partial charge in [-0.2, -0.15) is 5.10 Å². The van der Waals surface area contributed by atoms with E-state index < -0.39 is 0 Å². The lowest BCUT2D eigenvalue weighted by atomic mass is 9.87. The number of carbonyl (C=O) groups is 2. The molecule has 36 heavy (non-hydrogen) atoms. The van der Waals surface area contributed by atoms with E-state index in [-0.39, 0.29) is 40.8 Å². The molecule has 0 saturated carbocycles. The highest BCUT2D eigenvalue weighted by Crippen LogP contribution is 2.48. The van der Waals surface area contributed by atoms with Gasteiger partial charge < -0.3 is 5.32 Å².